The number of esters is 1. The summed E-state index contributed by atoms with van der Waals surface area (Å²) in [6.45, 7) is 6.05. The largest absolute Gasteiger partial charge is 0.467 e. The van der Waals surface area contributed by atoms with Crippen LogP contribution in [0.5, 0.6) is 0 Å². The van der Waals surface area contributed by atoms with Gasteiger partial charge in [-0.3, -0.25) is 0 Å². The number of ether oxygens (including phenoxy) is 1. The zero-order valence-electron chi connectivity index (χ0n) is 12.9. The third-order valence-corrected chi connectivity index (χ3v) is 3.63. The first-order valence-corrected chi connectivity index (χ1v) is 7.00. The van der Waals surface area contributed by atoms with Gasteiger partial charge in [0.25, 0.3) is 0 Å². The van der Waals surface area contributed by atoms with E-state index in [1.165, 1.54) is 12.7 Å². The normalized spacial score (nSPS) is 11.8. The molecule has 0 saturated heterocycles. The molecule has 2 rings (SSSR count). The second-order valence-corrected chi connectivity index (χ2v) is 5.27. The van der Waals surface area contributed by atoms with Crippen molar-refractivity contribution in [3.05, 3.63) is 64.7 Å². The molecular weight excluding hydrogens is 262 g/mol. The van der Waals surface area contributed by atoms with Crippen LogP contribution in [0.2, 0.25) is 0 Å². The van der Waals surface area contributed by atoms with E-state index < -0.39 is 6.04 Å². The predicted molar refractivity (Wildman–Crippen MR) is 85.5 cm³/mol. The van der Waals surface area contributed by atoms with E-state index in [1.807, 2.05) is 63.2 Å². The molecule has 2 aromatic rings. The molecule has 0 bridgehead atoms. The Labute approximate surface area is 126 Å². The second kappa shape index (κ2) is 6.44. The fraction of sp³-hybridized carbons (Fsp3) is 0.278. The summed E-state index contributed by atoms with van der Waals surface area (Å²) >= 11 is 0. The Morgan fingerprint density at radius 2 is 1.57 bits per heavy atom. The summed E-state index contributed by atoms with van der Waals surface area (Å²) in [5.74, 6) is -0.284. The number of hydrogen-bond donors (Lipinski definition) is 1. The molecule has 0 aliphatic heterocycles. The van der Waals surface area contributed by atoms with Crippen molar-refractivity contribution < 1.29 is 9.53 Å². The van der Waals surface area contributed by atoms with Crippen molar-refractivity contribution in [2.45, 2.75) is 26.8 Å². The van der Waals surface area contributed by atoms with Crippen LogP contribution < -0.4 is 5.32 Å². The van der Waals surface area contributed by atoms with Crippen LogP contribution in [0.25, 0.3) is 0 Å². The first kappa shape index (κ1) is 15.1. The molecule has 0 aliphatic carbocycles. The van der Waals surface area contributed by atoms with E-state index in [1.54, 1.807) is 0 Å². The molecule has 0 saturated carbocycles. The highest BCUT2D eigenvalue weighted by Gasteiger charge is 2.24. The molecule has 2 aromatic carbocycles. The minimum Gasteiger partial charge on any atom is -0.467 e. The van der Waals surface area contributed by atoms with Crippen molar-refractivity contribution in [3.8, 4) is 0 Å². The van der Waals surface area contributed by atoms with E-state index in [9.17, 15) is 4.79 Å². The average molecular weight is 283 g/mol. The van der Waals surface area contributed by atoms with Gasteiger partial charge in [-0.2, -0.15) is 0 Å². The van der Waals surface area contributed by atoms with Crippen molar-refractivity contribution >= 4 is 11.7 Å². The van der Waals surface area contributed by atoms with Crippen molar-refractivity contribution in [3.63, 3.8) is 0 Å². The van der Waals surface area contributed by atoms with E-state index in [0.29, 0.717) is 0 Å². The number of carbonyl (C=O) groups is 1. The summed E-state index contributed by atoms with van der Waals surface area (Å²) in [6.07, 6.45) is 0. The van der Waals surface area contributed by atoms with E-state index in [0.717, 1.165) is 22.4 Å². The molecule has 0 fully saturated rings. The quantitative estimate of drug-likeness (QED) is 0.864. The first-order valence-electron chi connectivity index (χ1n) is 7.00. The predicted octanol–water partition coefficient (Wildman–Crippen LogP) is 3.94. The molecule has 0 heterocycles. The summed E-state index contributed by atoms with van der Waals surface area (Å²) in [5, 5.41) is 3.28. The summed E-state index contributed by atoms with van der Waals surface area (Å²) < 4.78 is 4.97. The molecule has 0 amide bonds. The van der Waals surface area contributed by atoms with Crippen LogP contribution >= 0.6 is 0 Å². The van der Waals surface area contributed by atoms with E-state index in [-0.39, 0.29) is 5.97 Å². The number of aryl methyl sites for hydroxylation is 3. The molecule has 3 nitrogen and oxygen atoms in total. The van der Waals surface area contributed by atoms with E-state index >= 15 is 0 Å². The minimum absolute atomic E-state index is 0.284. The van der Waals surface area contributed by atoms with Crippen LogP contribution in [-0.4, -0.2) is 13.1 Å². The van der Waals surface area contributed by atoms with Crippen LogP contribution in [0.1, 0.15) is 28.3 Å². The maximum Gasteiger partial charge on any atom is 0.333 e. The van der Waals surface area contributed by atoms with Gasteiger partial charge >= 0.3 is 5.97 Å². The minimum atomic E-state index is -0.501. The standard InChI is InChI=1S/C18H21NO2/c1-12-8-10-15(11-9-12)19-17(18(20)21-4)16-13(2)6-5-7-14(16)3/h5-11,17,19H,1-4H3. The van der Waals surface area contributed by atoms with E-state index in [4.69, 9.17) is 4.74 Å². The van der Waals surface area contributed by atoms with Gasteiger partial charge in [0.05, 0.1) is 7.11 Å². The smallest absolute Gasteiger partial charge is 0.333 e. The zero-order valence-corrected chi connectivity index (χ0v) is 12.9. The highest BCUT2D eigenvalue weighted by atomic mass is 16.5. The second-order valence-electron chi connectivity index (χ2n) is 5.27. The monoisotopic (exact) mass is 283 g/mol. The molecule has 0 radical (unpaired) electrons. The number of benzene rings is 2. The molecule has 0 aliphatic rings. The molecule has 21 heavy (non-hydrogen) atoms. The van der Waals surface area contributed by atoms with Crippen LogP contribution in [0.15, 0.2) is 42.5 Å². The lowest BCUT2D eigenvalue weighted by molar-refractivity contribution is -0.141. The lowest BCUT2D eigenvalue weighted by Crippen LogP contribution is -2.24. The third kappa shape index (κ3) is 3.43. The maximum absolute atomic E-state index is 12.2. The lowest BCUT2D eigenvalue weighted by Gasteiger charge is -2.22. The zero-order chi connectivity index (χ0) is 15.4. The number of rotatable bonds is 4. The van der Waals surface area contributed by atoms with Gasteiger partial charge in [0.2, 0.25) is 0 Å². The number of hydrogen-bond acceptors (Lipinski definition) is 3. The Morgan fingerprint density at radius 3 is 2.10 bits per heavy atom. The molecule has 1 atom stereocenters. The van der Waals surface area contributed by atoms with Gasteiger partial charge in [0, 0.05) is 5.69 Å². The topological polar surface area (TPSA) is 38.3 Å². The Bertz CT molecular complexity index is 612. The first-order chi connectivity index (χ1) is 10.0. The van der Waals surface area contributed by atoms with Gasteiger partial charge in [0.1, 0.15) is 0 Å². The molecule has 110 valence electrons. The summed E-state index contributed by atoms with van der Waals surface area (Å²) in [5.41, 5.74) is 5.21. The van der Waals surface area contributed by atoms with Gasteiger partial charge < -0.3 is 10.1 Å². The van der Waals surface area contributed by atoms with Gasteiger partial charge in [-0.1, -0.05) is 35.9 Å². The van der Waals surface area contributed by atoms with Crippen LogP contribution in [0.3, 0.4) is 0 Å². The highest BCUT2D eigenvalue weighted by molar-refractivity contribution is 5.82. The molecule has 1 unspecified atom stereocenters. The maximum atomic E-state index is 12.2. The van der Waals surface area contributed by atoms with Crippen molar-refractivity contribution in [1.29, 1.82) is 0 Å². The average Bonchev–Trinajstić information content (AvgIpc) is 2.47. The summed E-state index contributed by atoms with van der Waals surface area (Å²) in [4.78, 5) is 12.2. The summed E-state index contributed by atoms with van der Waals surface area (Å²) in [7, 11) is 1.42. The van der Waals surface area contributed by atoms with E-state index in [2.05, 4.69) is 5.32 Å². The van der Waals surface area contributed by atoms with Crippen molar-refractivity contribution in [2.75, 3.05) is 12.4 Å². The number of methoxy groups -OCH3 is 1. The third-order valence-electron chi connectivity index (χ3n) is 3.63. The van der Waals surface area contributed by atoms with Crippen LogP contribution in [-0.2, 0) is 9.53 Å². The molecule has 1 N–H and O–H groups in total. The molecular formula is C18H21NO2. The Balaban J connectivity index is 2.39. The number of nitrogens with one attached hydrogen (secondary N) is 1. The lowest BCUT2D eigenvalue weighted by atomic mass is 9.96. The Hall–Kier alpha value is -2.29. The molecule has 0 aromatic heterocycles. The van der Waals surface area contributed by atoms with Gasteiger partial charge in [0.15, 0.2) is 6.04 Å². The van der Waals surface area contributed by atoms with Crippen LogP contribution in [0, 0.1) is 20.8 Å². The Kier molecular flexibility index (Phi) is 4.63. The van der Waals surface area contributed by atoms with Gasteiger partial charge in [-0.15, -0.1) is 0 Å². The van der Waals surface area contributed by atoms with Gasteiger partial charge in [-0.05, 0) is 49.6 Å². The summed E-state index contributed by atoms with van der Waals surface area (Å²) in [6, 6.07) is 13.5. The number of carbonyl (C=O) groups excluding carboxylic acids is 1. The van der Waals surface area contributed by atoms with Crippen molar-refractivity contribution in [1.82, 2.24) is 0 Å². The SMILES string of the molecule is COC(=O)C(Nc1ccc(C)cc1)c1c(C)cccc1C. The molecule has 3 heteroatoms. The van der Waals surface area contributed by atoms with Crippen molar-refractivity contribution in [2.24, 2.45) is 0 Å². The number of anilines is 1. The fourth-order valence-electron chi connectivity index (χ4n) is 2.47. The van der Waals surface area contributed by atoms with Gasteiger partial charge in [-0.25, -0.2) is 4.79 Å². The Morgan fingerprint density at radius 1 is 1.00 bits per heavy atom. The fourth-order valence-corrected chi connectivity index (χ4v) is 2.47. The highest BCUT2D eigenvalue weighted by Crippen LogP contribution is 2.26. The molecule has 0 spiro atoms. The van der Waals surface area contributed by atoms with Crippen LogP contribution in [0.4, 0.5) is 5.69 Å².